The summed E-state index contributed by atoms with van der Waals surface area (Å²) in [5, 5.41) is 2.85. The lowest BCUT2D eigenvalue weighted by Crippen LogP contribution is -2.27. The monoisotopic (exact) mass is 254 g/mol. The van der Waals surface area contributed by atoms with E-state index in [-0.39, 0.29) is 6.03 Å². The van der Waals surface area contributed by atoms with Gasteiger partial charge in [0.1, 0.15) is 0 Å². The Kier molecular flexibility index (Phi) is 4.18. The Morgan fingerprint density at radius 3 is 2.37 bits per heavy atom. The van der Waals surface area contributed by atoms with Crippen molar-refractivity contribution in [2.45, 2.75) is 6.42 Å². The van der Waals surface area contributed by atoms with Gasteiger partial charge in [0.05, 0.1) is 0 Å². The minimum atomic E-state index is -0.114. The van der Waals surface area contributed by atoms with Crippen LogP contribution in [0.1, 0.15) is 11.1 Å². The van der Waals surface area contributed by atoms with Crippen LogP contribution in [0.25, 0.3) is 0 Å². The molecule has 98 valence electrons. The molecular weight excluding hydrogens is 236 g/mol. The molecule has 0 heterocycles. The third kappa shape index (κ3) is 3.85. The van der Waals surface area contributed by atoms with Gasteiger partial charge in [0.25, 0.3) is 0 Å². The van der Waals surface area contributed by atoms with E-state index in [1.807, 2.05) is 36.4 Å². The minimum Gasteiger partial charge on any atom is -0.331 e. The molecular formula is C16H18N2O. The Bertz CT molecular complexity index is 550. The molecule has 1 N–H and O–H groups in total. The van der Waals surface area contributed by atoms with Gasteiger partial charge in [-0.25, -0.2) is 4.79 Å². The van der Waals surface area contributed by atoms with E-state index < -0.39 is 0 Å². The van der Waals surface area contributed by atoms with E-state index in [0.717, 1.165) is 12.1 Å². The number of nitrogens with zero attached hydrogens (tertiary/aromatic N) is 1. The molecule has 0 fully saturated rings. The lowest BCUT2D eigenvalue weighted by Gasteiger charge is -2.12. The van der Waals surface area contributed by atoms with Gasteiger partial charge in [-0.1, -0.05) is 42.5 Å². The molecule has 0 atom stereocenters. The molecule has 2 amide bonds. The first-order valence-electron chi connectivity index (χ1n) is 6.26. The number of urea groups is 1. The fourth-order valence-electron chi connectivity index (χ4n) is 1.83. The van der Waals surface area contributed by atoms with E-state index in [1.165, 1.54) is 16.0 Å². The number of amides is 2. The van der Waals surface area contributed by atoms with Gasteiger partial charge in [0, 0.05) is 19.8 Å². The van der Waals surface area contributed by atoms with E-state index in [0.29, 0.717) is 0 Å². The Morgan fingerprint density at radius 1 is 1.00 bits per heavy atom. The molecule has 2 aromatic carbocycles. The second-order valence-corrected chi connectivity index (χ2v) is 4.69. The standard InChI is InChI=1S/C16H18N2O/c1-18(2)16(19)17-15-10-6-9-14(12-15)11-13-7-4-3-5-8-13/h3-10,12H,11H2,1-2H3,(H,17,19). The number of carbonyl (C=O) groups is 1. The molecule has 19 heavy (non-hydrogen) atoms. The summed E-state index contributed by atoms with van der Waals surface area (Å²) in [5.41, 5.74) is 3.27. The summed E-state index contributed by atoms with van der Waals surface area (Å²) in [6, 6.07) is 18.1. The van der Waals surface area contributed by atoms with Crippen molar-refractivity contribution in [1.29, 1.82) is 0 Å². The molecule has 0 radical (unpaired) electrons. The molecule has 0 aliphatic heterocycles. The fraction of sp³-hybridized carbons (Fsp3) is 0.188. The Labute approximate surface area is 113 Å². The van der Waals surface area contributed by atoms with Crippen molar-refractivity contribution in [3.05, 3.63) is 65.7 Å². The Balaban J connectivity index is 2.09. The molecule has 2 aromatic rings. The zero-order valence-corrected chi connectivity index (χ0v) is 11.3. The average Bonchev–Trinajstić information content (AvgIpc) is 2.40. The van der Waals surface area contributed by atoms with Crippen LogP contribution in [0.5, 0.6) is 0 Å². The van der Waals surface area contributed by atoms with Gasteiger partial charge < -0.3 is 10.2 Å². The summed E-state index contributed by atoms with van der Waals surface area (Å²) < 4.78 is 0. The molecule has 3 heteroatoms. The maximum atomic E-state index is 11.6. The number of carbonyl (C=O) groups excluding carboxylic acids is 1. The van der Waals surface area contributed by atoms with Crippen molar-refractivity contribution in [3.8, 4) is 0 Å². The van der Waals surface area contributed by atoms with E-state index in [1.54, 1.807) is 14.1 Å². The lowest BCUT2D eigenvalue weighted by atomic mass is 10.0. The van der Waals surface area contributed by atoms with E-state index >= 15 is 0 Å². The van der Waals surface area contributed by atoms with Crippen molar-refractivity contribution < 1.29 is 4.79 Å². The van der Waals surface area contributed by atoms with Gasteiger partial charge in [0.15, 0.2) is 0 Å². The second kappa shape index (κ2) is 6.05. The molecule has 0 unspecified atom stereocenters. The average molecular weight is 254 g/mol. The highest BCUT2D eigenvalue weighted by Crippen LogP contribution is 2.14. The van der Waals surface area contributed by atoms with Gasteiger partial charge >= 0.3 is 6.03 Å². The number of hydrogen-bond donors (Lipinski definition) is 1. The highest BCUT2D eigenvalue weighted by molar-refractivity contribution is 5.88. The molecule has 0 bridgehead atoms. The summed E-state index contributed by atoms with van der Waals surface area (Å²) in [5.74, 6) is 0. The van der Waals surface area contributed by atoms with Crippen LogP contribution in [0.2, 0.25) is 0 Å². The molecule has 0 saturated carbocycles. The molecule has 0 spiro atoms. The van der Waals surface area contributed by atoms with Crippen molar-refractivity contribution >= 4 is 11.7 Å². The number of rotatable bonds is 3. The summed E-state index contributed by atoms with van der Waals surface area (Å²) >= 11 is 0. The minimum absolute atomic E-state index is 0.114. The summed E-state index contributed by atoms with van der Waals surface area (Å²) in [4.78, 5) is 13.1. The van der Waals surface area contributed by atoms with Gasteiger partial charge in [-0.05, 0) is 29.7 Å². The molecule has 0 aromatic heterocycles. The van der Waals surface area contributed by atoms with Gasteiger partial charge in [-0.15, -0.1) is 0 Å². The predicted molar refractivity (Wildman–Crippen MR) is 78.4 cm³/mol. The van der Waals surface area contributed by atoms with E-state index in [2.05, 4.69) is 23.5 Å². The molecule has 0 saturated heterocycles. The zero-order valence-electron chi connectivity index (χ0n) is 11.3. The van der Waals surface area contributed by atoms with Gasteiger partial charge in [-0.3, -0.25) is 0 Å². The number of anilines is 1. The smallest absolute Gasteiger partial charge is 0.321 e. The normalized spacial score (nSPS) is 10.0. The summed E-state index contributed by atoms with van der Waals surface area (Å²) in [6.45, 7) is 0. The quantitative estimate of drug-likeness (QED) is 0.894. The molecule has 2 rings (SSSR count). The number of benzene rings is 2. The molecule has 3 nitrogen and oxygen atoms in total. The van der Waals surface area contributed by atoms with Crippen LogP contribution in [0.4, 0.5) is 10.5 Å². The highest BCUT2D eigenvalue weighted by atomic mass is 16.2. The third-order valence-electron chi connectivity index (χ3n) is 2.84. The van der Waals surface area contributed by atoms with Gasteiger partial charge in [0.2, 0.25) is 0 Å². The predicted octanol–water partition coefficient (Wildman–Crippen LogP) is 3.37. The fourth-order valence-corrected chi connectivity index (χ4v) is 1.83. The van der Waals surface area contributed by atoms with E-state index in [4.69, 9.17) is 0 Å². The van der Waals surface area contributed by atoms with Crippen LogP contribution in [-0.4, -0.2) is 25.0 Å². The molecule has 0 aliphatic rings. The second-order valence-electron chi connectivity index (χ2n) is 4.69. The maximum Gasteiger partial charge on any atom is 0.321 e. The maximum absolute atomic E-state index is 11.6. The largest absolute Gasteiger partial charge is 0.331 e. The number of nitrogens with one attached hydrogen (secondary N) is 1. The highest BCUT2D eigenvalue weighted by Gasteiger charge is 2.04. The van der Waals surface area contributed by atoms with Crippen molar-refractivity contribution in [1.82, 2.24) is 4.90 Å². The van der Waals surface area contributed by atoms with Crippen LogP contribution in [0, 0.1) is 0 Å². The van der Waals surface area contributed by atoms with Crippen LogP contribution in [0.15, 0.2) is 54.6 Å². The summed E-state index contributed by atoms with van der Waals surface area (Å²) in [6.07, 6.45) is 0.868. The summed E-state index contributed by atoms with van der Waals surface area (Å²) in [7, 11) is 3.45. The first-order chi connectivity index (χ1) is 9.15. The topological polar surface area (TPSA) is 32.3 Å². The first kappa shape index (κ1) is 13.1. The van der Waals surface area contributed by atoms with Crippen molar-refractivity contribution in [2.24, 2.45) is 0 Å². The first-order valence-corrected chi connectivity index (χ1v) is 6.26. The van der Waals surface area contributed by atoms with Crippen LogP contribution < -0.4 is 5.32 Å². The number of hydrogen-bond acceptors (Lipinski definition) is 1. The van der Waals surface area contributed by atoms with Crippen LogP contribution >= 0.6 is 0 Å². The van der Waals surface area contributed by atoms with Crippen molar-refractivity contribution in [3.63, 3.8) is 0 Å². The lowest BCUT2D eigenvalue weighted by molar-refractivity contribution is 0.230. The Hall–Kier alpha value is -2.29. The zero-order chi connectivity index (χ0) is 13.7. The molecule has 0 aliphatic carbocycles. The SMILES string of the molecule is CN(C)C(=O)Nc1cccc(Cc2ccccc2)c1. The van der Waals surface area contributed by atoms with E-state index in [9.17, 15) is 4.79 Å². The van der Waals surface area contributed by atoms with Gasteiger partial charge in [-0.2, -0.15) is 0 Å². The van der Waals surface area contributed by atoms with Crippen LogP contribution in [-0.2, 0) is 6.42 Å². The van der Waals surface area contributed by atoms with Crippen molar-refractivity contribution in [2.75, 3.05) is 19.4 Å². The third-order valence-corrected chi connectivity index (χ3v) is 2.84. The van der Waals surface area contributed by atoms with Crippen LogP contribution in [0.3, 0.4) is 0 Å². The Morgan fingerprint density at radius 2 is 1.68 bits per heavy atom.